The van der Waals surface area contributed by atoms with E-state index in [4.69, 9.17) is 16.3 Å². The Labute approximate surface area is 192 Å². The number of allylic oxidation sites excluding steroid dienone is 1. The Hall–Kier alpha value is -1.71. The third-order valence-corrected chi connectivity index (χ3v) is 8.33. The number of H-pyrrole nitrogens is 1. The molecular formula is C27H37ClN2O. The first-order valence-corrected chi connectivity index (χ1v) is 12.0. The third kappa shape index (κ3) is 3.27. The fourth-order valence-corrected chi connectivity index (χ4v) is 6.59. The van der Waals surface area contributed by atoms with Gasteiger partial charge in [0.05, 0.1) is 6.10 Å². The van der Waals surface area contributed by atoms with E-state index in [0.717, 1.165) is 17.9 Å². The molecule has 4 unspecified atom stereocenters. The molecule has 4 rings (SSSR count). The first-order valence-electron chi connectivity index (χ1n) is 11.6. The monoisotopic (exact) mass is 440 g/mol. The summed E-state index contributed by atoms with van der Waals surface area (Å²) in [7, 11) is 4.05. The van der Waals surface area contributed by atoms with E-state index in [1.807, 2.05) is 13.2 Å². The standard InChI is InChI=1S/C27H37ClN2O/c1-9-18-15(3)25(29-16(18)4)24-19(10-2)20(26(24)31-8)14-23-27(5,6)21-13-17(28)11-12-22(21)30(23)7/h11-14,19-20,24,26,29H,9-10H2,1-8H3. The summed E-state index contributed by atoms with van der Waals surface area (Å²) < 4.78 is 6.14. The minimum atomic E-state index is -0.0784. The molecule has 31 heavy (non-hydrogen) atoms. The summed E-state index contributed by atoms with van der Waals surface area (Å²) in [4.78, 5) is 6.07. The molecule has 2 aromatic rings. The molecule has 0 saturated heterocycles. The van der Waals surface area contributed by atoms with Gasteiger partial charge in [-0.3, -0.25) is 0 Å². The van der Waals surface area contributed by atoms with Crippen molar-refractivity contribution in [2.24, 2.45) is 11.8 Å². The van der Waals surface area contributed by atoms with Crippen molar-refractivity contribution in [3.05, 3.63) is 63.1 Å². The van der Waals surface area contributed by atoms with Gasteiger partial charge in [-0.15, -0.1) is 0 Å². The Morgan fingerprint density at radius 3 is 2.52 bits per heavy atom. The van der Waals surface area contributed by atoms with Gasteiger partial charge in [-0.05, 0) is 61.1 Å². The van der Waals surface area contributed by atoms with E-state index in [0.29, 0.717) is 17.8 Å². The molecule has 4 heteroatoms. The van der Waals surface area contributed by atoms with Crippen LogP contribution in [-0.4, -0.2) is 25.2 Å². The zero-order valence-electron chi connectivity index (χ0n) is 20.3. The van der Waals surface area contributed by atoms with Crippen LogP contribution in [0.1, 0.15) is 68.1 Å². The SMILES string of the molecule is CCc1c(C)[nH]c(C2C(CC)C(C=C3N(C)c4ccc(Cl)cc4C3(C)C)C2OC)c1C. The van der Waals surface area contributed by atoms with Gasteiger partial charge in [0.1, 0.15) is 0 Å². The summed E-state index contributed by atoms with van der Waals surface area (Å²) in [5.41, 5.74) is 9.41. The lowest BCUT2D eigenvalue weighted by Crippen LogP contribution is -2.50. The van der Waals surface area contributed by atoms with Gasteiger partial charge in [0.15, 0.2) is 0 Å². The largest absolute Gasteiger partial charge is 0.380 e. The highest BCUT2D eigenvalue weighted by molar-refractivity contribution is 6.30. The van der Waals surface area contributed by atoms with E-state index in [9.17, 15) is 0 Å². The fraction of sp³-hybridized carbons (Fsp3) is 0.556. The highest BCUT2D eigenvalue weighted by Gasteiger charge is 2.52. The van der Waals surface area contributed by atoms with Gasteiger partial charge in [0.25, 0.3) is 0 Å². The van der Waals surface area contributed by atoms with Crippen LogP contribution < -0.4 is 4.90 Å². The Morgan fingerprint density at radius 1 is 1.23 bits per heavy atom. The number of nitrogens with one attached hydrogen (secondary N) is 1. The van der Waals surface area contributed by atoms with Crippen molar-refractivity contribution in [3.8, 4) is 0 Å². The number of hydrogen-bond donors (Lipinski definition) is 1. The quantitative estimate of drug-likeness (QED) is 0.546. The van der Waals surface area contributed by atoms with Crippen LogP contribution in [0, 0.1) is 25.7 Å². The van der Waals surface area contributed by atoms with Crippen LogP contribution in [0.5, 0.6) is 0 Å². The first kappa shape index (κ1) is 22.5. The van der Waals surface area contributed by atoms with Gasteiger partial charge in [0.2, 0.25) is 0 Å². The molecule has 2 heterocycles. The number of rotatable bonds is 5. The van der Waals surface area contributed by atoms with E-state index >= 15 is 0 Å². The lowest BCUT2D eigenvalue weighted by Gasteiger charge is -2.51. The average molecular weight is 441 g/mol. The van der Waals surface area contributed by atoms with Crippen LogP contribution in [-0.2, 0) is 16.6 Å². The topological polar surface area (TPSA) is 28.3 Å². The van der Waals surface area contributed by atoms with Crippen LogP contribution >= 0.6 is 11.6 Å². The molecule has 0 spiro atoms. The second-order valence-corrected chi connectivity index (χ2v) is 10.3. The number of anilines is 1. The van der Waals surface area contributed by atoms with Crippen LogP contribution in [0.4, 0.5) is 5.69 Å². The average Bonchev–Trinajstić information content (AvgIpc) is 3.09. The number of aryl methyl sites for hydroxylation is 1. The molecular weight excluding hydrogens is 404 g/mol. The normalized spacial score (nSPS) is 28.2. The number of halogens is 1. The molecule has 0 bridgehead atoms. The molecule has 1 aliphatic heterocycles. The van der Waals surface area contributed by atoms with E-state index < -0.39 is 0 Å². The molecule has 0 radical (unpaired) electrons. The summed E-state index contributed by atoms with van der Waals surface area (Å²) in [5.74, 6) is 1.38. The van der Waals surface area contributed by atoms with Crippen molar-refractivity contribution in [1.82, 2.24) is 4.98 Å². The molecule has 1 aliphatic carbocycles. The molecule has 0 amide bonds. The van der Waals surface area contributed by atoms with E-state index in [1.54, 1.807) is 0 Å². The zero-order valence-corrected chi connectivity index (χ0v) is 21.0. The zero-order chi connectivity index (χ0) is 22.7. The number of methoxy groups -OCH3 is 1. The molecule has 1 N–H and O–H groups in total. The third-order valence-electron chi connectivity index (χ3n) is 8.10. The number of hydrogen-bond acceptors (Lipinski definition) is 2. The molecule has 1 aromatic heterocycles. The molecule has 3 nitrogen and oxygen atoms in total. The van der Waals surface area contributed by atoms with Crippen LogP contribution in [0.25, 0.3) is 0 Å². The van der Waals surface area contributed by atoms with E-state index in [-0.39, 0.29) is 11.5 Å². The Bertz CT molecular complexity index is 1010. The van der Waals surface area contributed by atoms with E-state index in [1.165, 1.54) is 39.5 Å². The molecule has 4 atom stereocenters. The number of likely N-dealkylation sites (N-methyl/N-ethyl adjacent to an activating group) is 1. The van der Waals surface area contributed by atoms with Crippen LogP contribution in [0.15, 0.2) is 30.0 Å². The number of benzene rings is 1. The van der Waals surface area contributed by atoms with Crippen molar-refractivity contribution in [1.29, 1.82) is 0 Å². The summed E-state index contributed by atoms with van der Waals surface area (Å²) in [6.07, 6.45) is 4.90. The predicted octanol–water partition coefficient (Wildman–Crippen LogP) is 6.91. The number of fused-ring (bicyclic) bond motifs is 1. The number of nitrogens with zero attached hydrogens (tertiary/aromatic N) is 1. The van der Waals surface area contributed by atoms with Crippen LogP contribution in [0.2, 0.25) is 5.02 Å². The maximum atomic E-state index is 6.35. The summed E-state index contributed by atoms with van der Waals surface area (Å²) in [5, 5.41) is 0.802. The molecule has 1 saturated carbocycles. The number of ether oxygens (including phenoxy) is 1. The van der Waals surface area contributed by atoms with Gasteiger partial charge in [0, 0.05) is 59.2 Å². The summed E-state index contributed by atoms with van der Waals surface area (Å²) in [6.45, 7) is 13.7. The van der Waals surface area contributed by atoms with Crippen molar-refractivity contribution < 1.29 is 4.74 Å². The second kappa shape index (κ2) is 8.01. The first-order chi connectivity index (χ1) is 14.7. The van der Waals surface area contributed by atoms with Gasteiger partial charge < -0.3 is 14.6 Å². The Morgan fingerprint density at radius 2 is 1.94 bits per heavy atom. The van der Waals surface area contributed by atoms with Gasteiger partial charge >= 0.3 is 0 Å². The highest BCUT2D eigenvalue weighted by Crippen LogP contribution is 2.55. The second-order valence-electron chi connectivity index (χ2n) is 9.89. The molecule has 168 valence electrons. The predicted molar refractivity (Wildman–Crippen MR) is 131 cm³/mol. The maximum Gasteiger partial charge on any atom is 0.0723 e. The van der Waals surface area contributed by atoms with Gasteiger partial charge in [-0.1, -0.05) is 51.8 Å². The Kier molecular flexibility index (Phi) is 5.81. The van der Waals surface area contributed by atoms with Gasteiger partial charge in [-0.25, -0.2) is 0 Å². The minimum absolute atomic E-state index is 0.0784. The van der Waals surface area contributed by atoms with E-state index in [2.05, 4.69) is 76.7 Å². The highest BCUT2D eigenvalue weighted by atomic mass is 35.5. The van der Waals surface area contributed by atoms with Crippen LogP contribution in [0.3, 0.4) is 0 Å². The maximum absolute atomic E-state index is 6.35. The smallest absolute Gasteiger partial charge is 0.0723 e. The Balaban J connectivity index is 1.72. The van der Waals surface area contributed by atoms with Gasteiger partial charge in [-0.2, -0.15) is 0 Å². The molecule has 1 aromatic carbocycles. The fourth-order valence-electron chi connectivity index (χ4n) is 6.42. The molecule has 2 aliphatic rings. The van der Waals surface area contributed by atoms with Crippen molar-refractivity contribution in [2.45, 2.75) is 71.8 Å². The van der Waals surface area contributed by atoms with Crippen molar-refractivity contribution >= 4 is 17.3 Å². The summed E-state index contributed by atoms with van der Waals surface area (Å²) >= 11 is 6.35. The van der Waals surface area contributed by atoms with Crippen molar-refractivity contribution in [2.75, 3.05) is 19.1 Å². The summed E-state index contributed by atoms with van der Waals surface area (Å²) in [6, 6.07) is 6.26. The number of aromatic amines is 1. The lowest BCUT2D eigenvalue weighted by molar-refractivity contribution is -0.0694. The molecule has 1 fully saturated rings. The minimum Gasteiger partial charge on any atom is -0.380 e. The lowest BCUT2D eigenvalue weighted by atomic mass is 9.58. The number of aromatic nitrogens is 1. The van der Waals surface area contributed by atoms with Crippen molar-refractivity contribution in [3.63, 3.8) is 0 Å².